The number of fused-ring (bicyclic) bond motifs is 7. The first-order valence-electron chi connectivity index (χ1n) is 19.6. The number of aliphatic imine (C=N–C) groups is 1. The van der Waals surface area contributed by atoms with Crippen LogP contribution in [0.15, 0.2) is 199 Å². The van der Waals surface area contributed by atoms with Gasteiger partial charge >= 0.3 is 0 Å². The lowest BCUT2D eigenvalue weighted by atomic mass is 9.80. The lowest BCUT2D eigenvalue weighted by molar-refractivity contribution is 0.666. The van der Waals surface area contributed by atoms with Crippen LogP contribution < -0.4 is 0 Å². The average Bonchev–Trinajstić information content (AvgIpc) is 3.51. The van der Waals surface area contributed by atoms with Crippen molar-refractivity contribution in [1.29, 1.82) is 5.41 Å². The van der Waals surface area contributed by atoms with Crippen LogP contribution in [0.1, 0.15) is 41.7 Å². The third kappa shape index (κ3) is 5.98. The molecule has 1 aliphatic rings. The Labute approximate surface area is 333 Å². The van der Waals surface area contributed by atoms with Gasteiger partial charge in [0.05, 0.1) is 11.4 Å². The van der Waals surface area contributed by atoms with Crippen molar-refractivity contribution in [2.45, 2.75) is 19.3 Å². The molecule has 9 aromatic rings. The van der Waals surface area contributed by atoms with Crippen LogP contribution in [0.3, 0.4) is 0 Å². The average molecular weight is 729 g/mol. The van der Waals surface area contributed by atoms with E-state index in [4.69, 9.17) is 10.4 Å². The lowest BCUT2D eigenvalue weighted by Gasteiger charge is -2.23. The van der Waals surface area contributed by atoms with E-state index in [0.717, 1.165) is 33.2 Å². The number of nitrogens with zero attached hydrogens (tertiary/aromatic N) is 1. The summed E-state index contributed by atoms with van der Waals surface area (Å²) >= 11 is 0. The SMILES string of the molecule is CC1(C)c2cccc(-c3cccc(-c4ccc(C=N/C(=C\C(=N)c5ccccc5)c5ccc6ccccc6c5)c5ccccc45)c3)c2-c2ccc3ccccc3c21. The normalized spacial score (nSPS) is 13.3. The van der Waals surface area contributed by atoms with Crippen molar-refractivity contribution in [3.05, 3.63) is 222 Å². The van der Waals surface area contributed by atoms with Crippen molar-refractivity contribution in [3.8, 4) is 33.4 Å². The van der Waals surface area contributed by atoms with E-state index in [1.807, 2.05) is 42.6 Å². The molecule has 0 fully saturated rings. The van der Waals surface area contributed by atoms with E-state index in [1.54, 1.807) is 0 Å². The second-order valence-electron chi connectivity index (χ2n) is 15.5. The highest BCUT2D eigenvalue weighted by Crippen LogP contribution is 2.54. The zero-order valence-corrected chi connectivity index (χ0v) is 32.0. The molecule has 270 valence electrons. The molecule has 2 heteroatoms. The van der Waals surface area contributed by atoms with Crippen LogP contribution in [-0.2, 0) is 5.41 Å². The zero-order chi connectivity index (χ0) is 38.5. The fraction of sp³-hybridized carbons (Fsp3) is 0.0545. The van der Waals surface area contributed by atoms with E-state index in [1.165, 1.54) is 66.1 Å². The Hall–Kier alpha value is -7.16. The molecule has 0 spiro atoms. The summed E-state index contributed by atoms with van der Waals surface area (Å²) in [6.07, 6.45) is 3.83. The van der Waals surface area contributed by atoms with Gasteiger partial charge < -0.3 is 5.41 Å². The van der Waals surface area contributed by atoms with Gasteiger partial charge in [-0.15, -0.1) is 0 Å². The molecule has 0 radical (unpaired) electrons. The lowest BCUT2D eigenvalue weighted by Crippen LogP contribution is -2.15. The molecule has 0 saturated carbocycles. The standard InChI is InChI=1S/C55H40N2/c1-55(2)50-25-13-24-46(53(50)49-31-28-37-15-8-9-22-47(37)54(49)55)41-20-12-19-40(33-41)45-30-29-43(44-21-10-11-23-48(44)45)35-57-52(34-51(56)38-16-4-3-5-17-38)42-27-26-36-14-6-7-18-39(36)32-42/h3-35,56H,1-2H3/b52-34-,56-51?,57-35?. The number of allylic oxidation sites excluding steroid dienone is 1. The van der Waals surface area contributed by atoms with Crippen molar-refractivity contribution < 1.29 is 0 Å². The van der Waals surface area contributed by atoms with Crippen molar-refractivity contribution in [2.24, 2.45) is 4.99 Å². The molecule has 0 bridgehead atoms. The second kappa shape index (κ2) is 13.8. The molecule has 0 atom stereocenters. The summed E-state index contributed by atoms with van der Waals surface area (Å²) in [4.78, 5) is 5.12. The molecule has 0 heterocycles. The number of hydrogen-bond acceptors (Lipinski definition) is 2. The maximum atomic E-state index is 8.97. The molecule has 0 aliphatic heterocycles. The van der Waals surface area contributed by atoms with Crippen LogP contribution in [0.2, 0.25) is 0 Å². The number of benzene rings is 9. The van der Waals surface area contributed by atoms with Crippen LogP contribution in [0.5, 0.6) is 0 Å². The van der Waals surface area contributed by atoms with Crippen molar-refractivity contribution in [2.75, 3.05) is 0 Å². The van der Waals surface area contributed by atoms with Crippen LogP contribution in [0.25, 0.3) is 71.4 Å². The quantitative estimate of drug-likeness (QED) is 0.159. The molecule has 0 saturated heterocycles. The molecule has 9 aromatic carbocycles. The van der Waals surface area contributed by atoms with Crippen molar-refractivity contribution >= 4 is 49.9 Å². The topological polar surface area (TPSA) is 36.2 Å². The third-order valence-corrected chi connectivity index (χ3v) is 11.8. The maximum absolute atomic E-state index is 8.97. The molecular weight excluding hydrogens is 689 g/mol. The molecule has 0 amide bonds. The molecular formula is C55H40N2. The van der Waals surface area contributed by atoms with Gasteiger partial charge in [-0.2, -0.15) is 0 Å². The predicted molar refractivity (Wildman–Crippen MR) is 243 cm³/mol. The van der Waals surface area contributed by atoms with Gasteiger partial charge in [-0.05, 0) is 101 Å². The zero-order valence-electron chi connectivity index (χ0n) is 32.0. The first-order valence-corrected chi connectivity index (χ1v) is 19.6. The summed E-state index contributed by atoms with van der Waals surface area (Å²) in [6.45, 7) is 4.74. The Morgan fingerprint density at radius 1 is 0.491 bits per heavy atom. The van der Waals surface area contributed by atoms with E-state index >= 15 is 0 Å². The van der Waals surface area contributed by atoms with E-state index in [0.29, 0.717) is 5.71 Å². The van der Waals surface area contributed by atoms with E-state index < -0.39 is 0 Å². The number of hydrogen-bond donors (Lipinski definition) is 1. The highest BCUT2D eigenvalue weighted by Gasteiger charge is 2.38. The van der Waals surface area contributed by atoms with Gasteiger partial charge in [0, 0.05) is 22.8 Å². The van der Waals surface area contributed by atoms with Crippen LogP contribution >= 0.6 is 0 Å². The monoisotopic (exact) mass is 728 g/mol. The molecule has 2 nitrogen and oxygen atoms in total. The van der Waals surface area contributed by atoms with Gasteiger partial charge in [-0.25, -0.2) is 0 Å². The van der Waals surface area contributed by atoms with Gasteiger partial charge in [0.15, 0.2) is 0 Å². The van der Waals surface area contributed by atoms with Crippen molar-refractivity contribution in [3.63, 3.8) is 0 Å². The van der Waals surface area contributed by atoms with E-state index in [2.05, 4.69) is 172 Å². The number of rotatable bonds is 7. The Morgan fingerprint density at radius 3 is 1.96 bits per heavy atom. The first-order chi connectivity index (χ1) is 27.9. The molecule has 0 unspecified atom stereocenters. The fourth-order valence-electron chi connectivity index (χ4n) is 8.95. The minimum atomic E-state index is -0.113. The third-order valence-electron chi connectivity index (χ3n) is 11.8. The fourth-order valence-corrected chi connectivity index (χ4v) is 8.95. The van der Waals surface area contributed by atoms with Crippen LogP contribution in [-0.4, -0.2) is 11.9 Å². The van der Waals surface area contributed by atoms with Crippen LogP contribution in [0, 0.1) is 5.41 Å². The van der Waals surface area contributed by atoms with Crippen LogP contribution in [0.4, 0.5) is 0 Å². The Balaban J connectivity index is 1.05. The Kier molecular flexibility index (Phi) is 8.34. The Morgan fingerprint density at radius 2 is 1.14 bits per heavy atom. The van der Waals surface area contributed by atoms with E-state index in [9.17, 15) is 0 Å². The largest absolute Gasteiger partial charge is 0.300 e. The summed E-state index contributed by atoms with van der Waals surface area (Å²) in [6, 6.07) is 66.8. The van der Waals surface area contributed by atoms with Gasteiger partial charge in [-0.1, -0.05) is 190 Å². The highest BCUT2D eigenvalue weighted by atomic mass is 14.7. The maximum Gasteiger partial charge on any atom is 0.0723 e. The summed E-state index contributed by atoms with van der Waals surface area (Å²) in [5, 5.41) is 16.2. The Bertz CT molecular complexity index is 3110. The first kappa shape index (κ1) is 34.3. The van der Waals surface area contributed by atoms with Gasteiger partial charge in [0.25, 0.3) is 0 Å². The summed E-state index contributed by atoms with van der Waals surface area (Å²) < 4.78 is 0. The summed E-state index contributed by atoms with van der Waals surface area (Å²) in [5.41, 5.74) is 14.2. The summed E-state index contributed by atoms with van der Waals surface area (Å²) in [7, 11) is 0. The number of nitrogens with one attached hydrogen (secondary N) is 1. The smallest absolute Gasteiger partial charge is 0.0723 e. The highest BCUT2D eigenvalue weighted by molar-refractivity contribution is 6.12. The molecule has 1 N–H and O–H groups in total. The molecule has 1 aliphatic carbocycles. The molecule has 57 heavy (non-hydrogen) atoms. The predicted octanol–water partition coefficient (Wildman–Crippen LogP) is 14.3. The van der Waals surface area contributed by atoms with Gasteiger partial charge in [-0.3, -0.25) is 4.99 Å². The van der Waals surface area contributed by atoms with E-state index in [-0.39, 0.29) is 5.41 Å². The minimum absolute atomic E-state index is 0.113. The second-order valence-corrected chi connectivity index (χ2v) is 15.5. The van der Waals surface area contributed by atoms with Gasteiger partial charge in [0.2, 0.25) is 0 Å². The molecule has 10 rings (SSSR count). The minimum Gasteiger partial charge on any atom is -0.300 e. The molecule has 0 aromatic heterocycles. The van der Waals surface area contributed by atoms with Crippen molar-refractivity contribution in [1.82, 2.24) is 0 Å². The van der Waals surface area contributed by atoms with Gasteiger partial charge in [0.1, 0.15) is 0 Å². The summed E-state index contributed by atoms with van der Waals surface area (Å²) in [5.74, 6) is 0.